The summed E-state index contributed by atoms with van der Waals surface area (Å²) in [5.74, 6) is 0.498. The molecule has 3 heteroatoms. The molecule has 1 rings (SSSR count). The highest BCUT2D eigenvalue weighted by Gasteiger charge is 2.18. The highest BCUT2D eigenvalue weighted by atomic mass is 79.9. The molecular formula is C15H23BrFN. The van der Waals surface area contributed by atoms with Crippen LogP contribution in [0.4, 0.5) is 4.39 Å². The maximum absolute atomic E-state index is 13.8. The van der Waals surface area contributed by atoms with Crippen LogP contribution in [0.1, 0.15) is 52.1 Å². The van der Waals surface area contributed by atoms with Crippen LogP contribution < -0.4 is 5.32 Å². The Morgan fingerprint density at radius 3 is 2.39 bits per heavy atom. The summed E-state index contributed by atoms with van der Waals surface area (Å²) in [6.07, 6.45) is 2.30. The summed E-state index contributed by atoms with van der Waals surface area (Å²) in [6, 6.07) is 5.52. The lowest BCUT2D eigenvalue weighted by Gasteiger charge is -2.27. The van der Waals surface area contributed by atoms with E-state index in [2.05, 4.69) is 42.0 Å². The minimum Gasteiger partial charge on any atom is -0.307 e. The van der Waals surface area contributed by atoms with Crippen LogP contribution in [0.2, 0.25) is 0 Å². The summed E-state index contributed by atoms with van der Waals surface area (Å²) in [5, 5.41) is 3.51. The summed E-state index contributed by atoms with van der Waals surface area (Å²) in [7, 11) is 0. The zero-order valence-corrected chi connectivity index (χ0v) is 13.2. The molecule has 0 fully saturated rings. The van der Waals surface area contributed by atoms with Crippen molar-refractivity contribution in [3.8, 4) is 0 Å². The van der Waals surface area contributed by atoms with E-state index in [1.54, 1.807) is 6.07 Å². The lowest BCUT2D eigenvalue weighted by molar-refractivity contribution is 0.327. The molecule has 0 aliphatic rings. The van der Waals surface area contributed by atoms with Crippen LogP contribution in [0.25, 0.3) is 0 Å². The minimum atomic E-state index is -0.144. The van der Waals surface area contributed by atoms with Crippen molar-refractivity contribution in [2.75, 3.05) is 0 Å². The molecule has 18 heavy (non-hydrogen) atoms. The van der Waals surface area contributed by atoms with Crippen LogP contribution in [0.15, 0.2) is 22.7 Å². The van der Waals surface area contributed by atoms with Gasteiger partial charge in [-0.3, -0.25) is 0 Å². The van der Waals surface area contributed by atoms with E-state index < -0.39 is 0 Å². The van der Waals surface area contributed by atoms with Gasteiger partial charge in [0.2, 0.25) is 0 Å². The second-order valence-corrected chi connectivity index (χ2v) is 5.84. The highest BCUT2D eigenvalue weighted by Crippen LogP contribution is 2.23. The van der Waals surface area contributed by atoms with Crippen molar-refractivity contribution in [3.05, 3.63) is 34.1 Å². The van der Waals surface area contributed by atoms with Crippen molar-refractivity contribution in [2.24, 2.45) is 5.92 Å². The van der Waals surface area contributed by atoms with Gasteiger partial charge in [-0.05, 0) is 38.0 Å². The average molecular weight is 316 g/mol. The molecule has 0 aromatic heterocycles. The third-order valence-corrected chi connectivity index (χ3v) is 4.19. The van der Waals surface area contributed by atoms with E-state index in [0.29, 0.717) is 12.0 Å². The van der Waals surface area contributed by atoms with Gasteiger partial charge in [-0.1, -0.05) is 42.6 Å². The van der Waals surface area contributed by atoms with Gasteiger partial charge in [-0.15, -0.1) is 0 Å². The summed E-state index contributed by atoms with van der Waals surface area (Å²) < 4.78 is 14.7. The first-order valence-corrected chi connectivity index (χ1v) is 7.49. The van der Waals surface area contributed by atoms with Crippen LogP contribution in [0.3, 0.4) is 0 Å². The quantitative estimate of drug-likeness (QED) is 0.773. The van der Waals surface area contributed by atoms with Crippen LogP contribution >= 0.6 is 15.9 Å². The molecule has 102 valence electrons. The molecule has 0 aliphatic heterocycles. The van der Waals surface area contributed by atoms with Gasteiger partial charge in [0.15, 0.2) is 0 Å². The topological polar surface area (TPSA) is 12.0 Å². The molecule has 1 aromatic rings. The van der Waals surface area contributed by atoms with Crippen molar-refractivity contribution in [3.63, 3.8) is 0 Å². The first-order valence-electron chi connectivity index (χ1n) is 6.70. The van der Waals surface area contributed by atoms with Crippen LogP contribution in [0, 0.1) is 11.7 Å². The maximum Gasteiger partial charge on any atom is 0.128 e. The monoisotopic (exact) mass is 315 g/mol. The Hall–Kier alpha value is -0.410. The van der Waals surface area contributed by atoms with Crippen molar-refractivity contribution < 1.29 is 4.39 Å². The largest absolute Gasteiger partial charge is 0.307 e. The third-order valence-electron chi connectivity index (χ3n) is 3.69. The van der Waals surface area contributed by atoms with Gasteiger partial charge in [0.05, 0.1) is 0 Å². The van der Waals surface area contributed by atoms with Gasteiger partial charge in [-0.25, -0.2) is 4.39 Å². The van der Waals surface area contributed by atoms with Crippen molar-refractivity contribution in [1.29, 1.82) is 0 Å². The first-order chi connectivity index (χ1) is 8.49. The zero-order chi connectivity index (χ0) is 13.7. The predicted molar refractivity (Wildman–Crippen MR) is 79.2 cm³/mol. The molecule has 0 radical (unpaired) electrons. The molecule has 0 amide bonds. The Morgan fingerprint density at radius 1 is 1.22 bits per heavy atom. The van der Waals surface area contributed by atoms with Gasteiger partial charge < -0.3 is 5.32 Å². The molecule has 0 bridgehead atoms. The molecule has 1 N–H and O–H groups in total. The molecule has 0 saturated heterocycles. The van der Waals surface area contributed by atoms with Crippen LogP contribution in [0.5, 0.6) is 0 Å². The maximum atomic E-state index is 13.8. The SMILES string of the molecule is CCC(CC)C(C)NC(C)c1cc(Br)ccc1F. The average Bonchev–Trinajstić information content (AvgIpc) is 2.33. The number of hydrogen-bond donors (Lipinski definition) is 1. The Bertz CT molecular complexity index is 377. The molecule has 0 spiro atoms. The standard InChI is InChI=1S/C15H23BrFN/c1-5-12(6-2)10(3)18-11(4)14-9-13(16)7-8-15(14)17/h7-12,18H,5-6H2,1-4H3. The Kier molecular flexibility index (Phi) is 6.30. The second-order valence-electron chi connectivity index (χ2n) is 4.92. The van der Waals surface area contributed by atoms with Crippen molar-refractivity contribution >= 4 is 15.9 Å². The number of hydrogen-bond acceptors (Lipinski definition) is 1. The summed E-state index contributed by atoms with van der Waals surface area (Å²) >= 11 is 3.39. The molecule has 1 aromatic carbocycles. The third kappa shape index (κ3) is 4.06. The van der Waals surface area contributed by atoms with Crippen LogP contribution in [-0.2, 0) is 0 Å². The van der Waals surface area contributed by atoms with Crippen molar-refractivity contribution in [1.82, 2.24) is 5.32 Å². The zero-order valence-electron chi connectivity index (χ0n) is 11.6. The van der Waals surface area contributed by atoms with Gasteiger partial charge in [-0.2, -0.15) is 0 Å². The molecule has 0 aliphatic carbocycles. The van der Waals surface area contributed by atoms with Crippen molar-refractivity contribution in [2.45, 2.75) is 52.6 Å². The van der Waals surface area contributed by atoms with Gasteiger partial charge >= 0.3 is 0 Å². The predicted octanol–water partition coefficient (Wildman–Crippen LogP) is 5.06. The second kappa shape index (κ2) is 7.25. The molecular weight excluding hydrogens is 293 g/mol. The summed E-state index contributed by atoms with van der Waals surface area (Å²) in [4.78, 5) is 0. The number of nitrogens with one attached hydrogen (secondary N) is 1. The van der Waals surface area contributed by atoms with Gasteiger partial charge in [0.1, 0.15) is 5.82 Å². The Morgan fingerprint density at radius 2 is 1.83 bits per heavy atom. The molecule has 0 saturated carbocycles. The minimum absolute atomic E-state index is 0.0260. The van der Waals surface area contributed by atoms with Gasteiger partial charge in [0.25, 0.3) is 0 Å². The fraction of sp³-hybridized carbons (Fsp3) is 0.600. The van der Waals surface area contributed by atoms with E-state index in [0.717, 1.165) is 22.9 Å². The lowest BCUT2D eigenvalue weighted by atomic mass is 9.94. The molecule has 0 heterocycles. The molecule has 2 atom stereocenters. The number of rotatable bonds is 6. The fourth-order valence-electron chi connectivity index (χ4n) is 2.46. The smallest absolute Gasteiger partial charge is 0.128 e. The summed E-state index contributed by atoms with van der Waals surface area (Å²) in [6.45, 7) is 8.61. The Balaban J connectivity index is 2.75. The van der Waals surface area contributed by atoms with E-state index in [9.17, 15) is 4.39 Å². The van der Waals surface area contributed by atoms with E-state index in [1.165, 1.54) is 6.07 Å². The fourth-order valence-corrected chi connectivity index (χ4v) is 2.84. The van der Waals surface area contributed by atoms with E-state index >= 15 is 0 Å². The van der Waals surface area contributed by atoms with Crippen LogP contribution in [-0.4, -0.2) is 6.04 Å². The highest BCUT2D eigenvalue weighted by molar-refractivity contribution is 9.10. The first kappa shape index (κ1) is 15.6. The number of halogens is 2. The van der Waals surface area contributed by atoms with E-state index in [1.807, 2.05) is 13.0 Å². The molecule has 2 unspecified atom stereocenters. The van der Waals surface area contributed by atoms with E-state index in [-0.39, 0.29) is 11.9 Å². The van der Waals surface area contributed by atoms with Gasteiger partial charge in [0, 0.05) is 22.1 Å². The van der Waals surface area contributed by atoms with E-state index in [4.69, 9.17) is 0 Å². The molecule has 1 nitrogen and oxygen atoms in total. The lowest BCUT2D eigenvalue weighted by Crippen LogP contribution is -2.35. The normalized spacial score (nSPS) is 14.8. The number of benzene rings is 1. The summed E-state index contributed by atoms with van der Waals surface area (Å²) in [5.41, 5.74) is 0.724. The Labute approximate surface area is 118 Å².